The molecule has 166 valence electrons. The Morgan fingerprint density at radius 2 is 1.77 bits per heavy atom. The zero-order valence-electron chi connectivity index (χ0n) is 18.5. The Morgan fingerprint density at radius 1 is 1.10 bits per heavy atom. The van der Waals surface area contributed by atoms with Gasteiger partial charge in [0.15, 0.2) is 0 Å². The monoisotopic (exact) mass is 416 g/mol. The van der Waals surface area contributed by atoms with Crippen molar-refractivity contribution in [2.45, 2.75) is 39.5 Å². The van der Waals surface area contributed by atoms with Crippen molar-refractivity contribution >= 4 is 11.8 Å². The molecule has 0 bridgehead atoms. The highest BCUT2D eigenvalue weighted by molar-refractivity contribution is 5.78. The molecule has 0 unspecified atom stereocenters. The number of piperidine rings is 1. The number of amides is 2. The molecule has 0 aliphatic carbocycles. The second kappa shape index (κ2) is 10.3. The third kappa shape index (κ3) is 5.34. The molecule has 2 fully saturated rings. The normalized spacial score (nSPS) is 22.6. The van der Waals surface area contributed by atoms with Crippen molar-refractivity contribution in [3.05, 3.63) is 29.8 Å². The number of likely N-dealkylation sites (tertiary alicyclic amines) is 2. The quantitative estimate of drug-likeness (QED) is 0.742. The summed E-state index contributed by atoms with van der Waals surface area (Å²) >= 11 is 0. The summed E-state index contributed by atoms with van der Waals surface area (Å²) in [7, 11) is 1.64. The molecule has 30 heavy (non-hydrogen) atoms. The summed E-state index contributed by atoms with van der Waals surface area (Å²) < 4.78 is 5.18. The van der Waals surface area contributed by atoms with Gasteiger partial charge in [-0.15, -0.1) is 0 Å². The first kappa shape index (κ1) is 22.6. The minimum absolute atomic E-state index is 0.0389. The maximum absolute atomic E-state index is 12.8. The van der Waals surface area contributed by atoms with E-state index in [1.54, 1.807) is 7.11 Å². The maximum Gasteiger partial charge on any atom is 0.225 e. The van der Waals surface area contributed by atoms with Crippen molar-refractivity contribution in [1.29, 1.82) is 0 Å². The summed E-state index contributed by atoms with van der Waals surface area (Å²) in [6, 6.07) is 7.84. The molecule has 2 saturated heterocycles. The molecule has 0 spiro atoms. The Bertz CT molecular complexity index is 710. The molecule has 0 aromatic heterocycles. The molecular weight excluding hydrogens is 380 g/mol. The van der Waals surface area contributed by atoms with Gasteiger partial charge in [-0.2, -0.15) is 0 Å². The summed E-state index contributed by atoms with van der Waals surface area (Å²) in [5.41, 5.74) is 1.13. The van der Waals surface area contributed by atoms with Crippen molar-refractivity contribution in [2.75, 3.05) is 39.9 Å². The van der Waals surface area contributed by atoms with Crippen molar-refractivity contribution in [3.8, 4) is 5.75 Å². The predicted molar refractivity (Wildman–Crippen MR) is 116 cm³/mol. The Labute approximate surface area is 180 Å². The minimum Gasteiger partial charge on any atom is -0.497 e. The lowest BCUT2D eigenvalue weighted by Crippen LogP contribution is -2.43. The molecule has 2 aliphatic rings. The van der Waals surface area contributed by atoms with Gasteiger partial charge >= 0.3 is 0 Å². The molecule has 6 nitrogen and oxygen atoms in total. The summed E-state index contributed by atoms with van der Waals surface area (Å²) in [5.74, 6) is 2.20. The molecule has 6 heteroatoms. The number of aliphatic hydroxyl groups excluding tert-OH is 1. The van der Waals surface area contributed by atoms with Crippen LogP contribution in [0.2, 0.25) is 0 Å². The highest BCUT2D eigenvalue weighted by Crippen LogP contribution is 2.36. The molecular formula is C24H36N2O4. The molecule has 1 N–H and O–H groups in total. The van der Waals surface area contributed by atoms with Gasteiger partial charge in [-0.3, -0.25) is 9.59 Å². The lowest BCUT2D eigenvalue weighted by Gasteiger charge is -2.37. The first-order valence-corrected chi connectivity index (χ1v) is 11.2. The minimum atomic E-state index is 0.0389. The van der Waals surface area contributed by atoms with E-state index < -0.39 is 0 Å². The molecule has 3 rings (SSSR count). The van der Waals surface area contributed by atoms with Crippen molar-refractivity contribution in [1.82, 2.24) is 9.80 Å². The zero-order valence-corrected chi connectivity index (χ0v) is 18.5. The fourth-order valence-corrected chi connectivity index (χ4v) is 4.94. The Hall–Kier alpha value is -2.08. The van der Waals surface area contributed by atoms with Crippen LogP contribution >= 0.6 is 0 Å². The standard InChI is InChI=1S/C24H36N2O4/c1-17(2)24(29)25-12-10-19(11-13-25)22-15-26(14-20(22)16-27)23(28)9-6-18-4-7-21(30-3)8-5-18/h4-5,7-8,17,19-20,22,27H,6,9-16H2,1-3H3/t20-,22-/m0/s1. The summed E-state index contributed by atoms with van der Waals surface area (Å²) in [4.78, 5) is 29.0. The van der Waals surface area contributed by atoms with Gasteiger partial charge in [-0.1, -0.05) is 26.0 Å². The van der Waals surface area contributed by atoms with Crippen LogP contribution in [-0.2, 0) is 16.0 Å². The Kier molecular flexibility index (Phi) is 7.75. The molecule has 1 aromatic rings. The first-order valence-electron chi connectivity index (χ1n) is 11.2. The number of hydrogen-bond acceptors (Lipinski definition) is 4. The van der Waals surface area contributed by atoms with Crippen LogP contribution in [0.25, 0.3) is 0 Å². The van der Waals surface area contributed by atoms with Gasteiger partial charge in [-0.05, 0) is 48.8 Å². The lowest BCUT2D eigenvalue weighted by molar-refractivity contribution is -0.136. The van der Waals surface area contributed by atoms with Crippen molar-refractivity contribution in [2.24, 2.45) is 23.7 Å². The summed E-state index contributed by atoms with van der Waals surface area (Å²) in [6.07, 6.45) is 3.13. The van der Waals surface area contributed by atoms with Gasteiger partial charge in [-0.25, -0.2) is 0 Å². The average Bonchev–Trinajstić information content (AvgIpc) is 3.22. The SMILES string of the molecule is COc1ccc(CCC(=O)N2C[C@@H](CO)[C@H](C3CCN(C(=O)C(C)C)CC3)C2)cc1. The largest absolute Gasteiger partial charge is 0.497 e. The zero-order chi connectivity index (χ0) is 21.7. The number of carbonyl (C=O) groups is 2. The van der Waals surface area contributed by atoms with Crippen molar-refractivity contribution in [3.63, 3.8) is 0 Å². The fraction of sp³-hybridized carbons (Fsp3) is 0.667. The second-order valence-corrected chi connectivity index (χ2v) is 9.07. The molecule has 2 aliphatic heterocycles. The van der Waals surface area contributed by atoms with Crippen LogP contribution in [0.15, 0.2) is 24.3 Å². The summed E-state index contributed by atoms with van der Waals surface area (Å²) in [5, 5.41) is 9.92. The van der Waals surface area contributed by atoms with Crippen LogP contribution in [0.4, 0.5) is 0 Å². The number of rotatable bonds is 7. The number of aryl methyl sites for hydroxylation is 1. The number of hydrogen-bond donors (Lipinski definition) is 1. The topological polar surface area (TPSA) is 70.1 Å². The van der Waals surface area contributed by atoms with E-state index in [4.69, 9.17) is 4.74 Å². The number of methoxy groups -OCH3 is 1. The Balaban J connectivity index is 1.51. The molecule has 2 atom stereocenters. The van der Waals surface area contributed by atoms with E-state index >= 15 is 0 Å². The number of benzene rings is 1. The van der Waals surface area contributed by atoms with Crippen LogP contribution in [0, 0.1) is 23.7 Å². The van der Waals surface area contributed by atoms with E-state index in [9.17, 15) is 14.7 Å². The third-order valence-electron chi connectivity index (χ3n) is 6.82. The molecule has 2 amide bonds. The van der Waals surface area contributed by atoms with E-state index in [0.29, 0.717) is 31.2 Å². The van der Waals surface area contributed by atoms with Crippen molar-refractivity contribution < 1.29 is 19.4 Å². The van der Waals surface area contributed by atoms with Crippen LogP contribution in [0.5, 0.6) is 5.75 Å². The fourth-order valence-electron chi connectivity index (χ4n) is 4.94. The van der Waals surface area contributed by atoms with E-state index in [2.05, 4.69) is 0 Å². The second-order valence-electron chi connectivity index (χ2n) is 9.07. The van der Waals surface area contributed by atoms with Crippen LogP contribution in [0.1, 0.15) is 38.7 Å². The third-order valence-corrected chi connectivity index (χ3v) is 6.82. The molecule has 0 radical (unpaired) electrons. The average molecular weight is 417 g/mol. The Morgan fingerprint density at radius 3 is 2.33 bits per heavy atom. The number of aliphatic hydroxyl groups is 1. The van der Waals surface area contributed by atoms with Gasteiger partial charge in [0.05, 0.1) is 7.11 Å². The number of nitrogens with zero attached hydrogens (tertiary/aromatic N) is 2. The lowest BCUT2D eigenvalue weighted by atomic mass is 9.78. The van der Waals surface area contributed by atoms with Gasteiger partial charge in [0.2, 0.25) is 11.8 Å². The van der Waals surface area contributed by atoms with Gasteiger partial charge in [0.1, 0.15) is 5.75 Å². The van der Waals surface area contributed by atoms with Gasteiger partial charge < -0.3 is 19.6 Å². The van der Waals surface area contributed by atoms with Gasteiger partial charge in [0.25, 0.3) is 0 Å². The van der Waals surface area contributed by atoms with E-state index in [-0.39, 0.29) is 30.3 Å². The molecule has 2 heterocycles. The number of carbonyl (C=O) groups excluding carboxylic acids is 2. The first-order chi connectivity index (χ1) is 14.4. The smallest absolute Gasteiger partial charge is 0.225 e. The maximum atomic E-state index is 12.8. The molecule has 1 aromatic carbocycles. The van der Waals surface area contributed by atoms with E-state index in [1.165, 1.54) is 0 Å². The van der Waals surface area contributed by atoms with Crippen LogP contribution in [-0.4, -0.2) is 66.6 Å². The van der Waals surface area contributed by atoms with Gasteiger partial charge in [0, 0.05) is 51.0 Å². The number of ether oxygens (including phenoxy) is 1. The van der Waals surface area contributed by atoms with Crippen LogP contribution < -0.4 is 4.74 Å². The highest BCUT2D eigenvalue weighted by atomic mass is 16.5. The van der Waals surface area contributed by atoms with Crippen LogP contribution in [0.3, 0.4) is 0 Å². The van der Waals surface area contributed by atoms with E-state index in [1.807, 2.05) is 47.9 Å². The summed E-state index contributed by atoms with van der Waals surface area (Å²) in [6.45, 7) is 6.98. The predicted octanol–water partition coefficient (Wildman–Crippen LogP) is 2.59. The molecule has 0 saturated carbocycles. The van der Waals surface area contributed by atoms with E-state index in [0.717, 1.165) is 43.8 Å². The highest BCUT2D eigenvalue weighted by Gasteiger charge is 2.40.